The van der Waals surface area contributed by atoms with Gasteiger partial charge in [0, 0.05) is 61.1 Å². The fourth-order valence-electron chi connectivity index (χ4n) is 4.52. The van der Waals surface area contributed by atoms with E-state index in [-0.39, 0.29) is 0 Å². The molecule has 7 heteroatoms. The molecule has 0 amide bonds. The fraction of sp³-hybridized carbons (Fsp3) is 0.591. The van der Waals surface area contributed by atoms with Gasteiger partial charge in [-0.15, -0.1) is 0 Å². The molecule has 1 saturated carbocycles. The van der Waals surface area contributed by atoms with E-state index in [1.54, 1.807) is 14.2 Å². The fourth-order valence-corrected chi connectivity index (χ4v) is 5.22. The van der Waals surface area contributed by atoms with Gasteiger partial charge in [-0.2, -0.15) is 0 Å². The maximum absolute atomic E-state index is 5.90. The lowest BCUT2D eigenvalue weighted by molar-refractivity contribution is 0.248. The summed E-state index contributed by atoms with van der Waals surface area (Å²) >= 11 is 1.43. The molecule has 2 aromatic rings. The Morgan fingerprint density at radius 3 is 2.48 bits per heavy atom. The first-order valence-corrected chi connectivity index (χ1v) is 11.4. The highest BCUT2D eigenvalue weighted by molar-refractivity contribution is 7.94. The molecule has 2 aliphatic rings. The van der Waals surface area contributed by atoms with Crippen molar-refractivity contribution in [1.29, 1.82) is 0 Å². The van der Waals surface area contributed by atoms with Crippen LogP contribution in [0.5, 0.6) is 11.5 Å². The summed E-state index contributed by atoms with van der Waals surface area (Å²) in [6, 6.07) is 6.85. The number of rotatable bonds is 8. The topological polar surface area (TPSA) is 63.9 Å². The van der Waals surface area contributed by atoms with Gasteiger partial charge >= 0.3 is 0 Å². The smallest absolute Gasteiger partial charge is 0.162 e. The van der Waals surface area contributed by atoms with Crippen LogP contribution in [-0.4, -0.2) is 49.2 Å². The highest BCUT2D eigenvalue weighted by Crippen LogP contribution is 2.38. The zero-order chi connectivity index (χ0) is 20.4. The SMILES string of the molecule is COc1cc2nccc(N3CCC(C(C)CN(SN)C4CC4)CC3)c2cc1OC. The van der Waals surface area contributed by atoms with E-state index in [1.165, 1.54) is 43.5 Å². The molecule has 2 N–H and O–H groups in total. The van der Waals surface area contributed by atoms with Crippen molar-refractivity contribution in [2.24, 2.45) is 17.0 Å². The molecule has 0 bridgehead atoms. The van der Waals surface area contributed by atoms with Crippen molar-refractivity contribution in [1.82, 2.24) is 9.29 Å². The first-order valence-electron chi connectivity index (χ1n) is 10.5. The molecule has 1 saturated heterocycles. The van der Waals surface area contributed by atoms with Gasteiger partial charge in [-0.1, -0.05) is 6.92 Å². The van der Waals surface area contributed by atoms with Gasteiger partial charge in [-0.3, -0.25) is 10.1 Å². The predicted molar refractivity (Wildman–Crippen MR) is 120 cm³/mol. The van der Waals surface area contributed by atoms with Gasteiger partial charge in [-0.25, -0.2) is 4.31 Å². The number of benzene rings is 1. The van der Waals surface area contributed by atoms with Crippen LogP contribution in [0.3, 0.4) is 0 Å². The Morgan fingerprint density at radius 2 is 1.86 bits per heavy atom. The maximum atomic E-state index is 5.90. The number of aromatic nitrogens is 1. The molecular formula is C22H32N4O2S. The second-order valence-corrected chi connectivity index (χ2v) is 8.97. The minimum absolute atomic E-state index is 0.673. The summed E-state index contributed by atoms with van der Waals surface area (Å²) in [6.07, 6.45) is 6.93. The van der Waals surface area contributed by atoms with E-state index in [1.807, 2.05) is 12.3 Å². The van der Waals surface area contributed by atoms with Crippen LogP contribution in [0.15, 0.2) is 24.4 Å². The Labute approximate surface area is 178 Å². The predicted octanol–water partition coefficient (Wildman–Crippen LogP) is 4.09. The average molecular weight is 417 g/mol. The zero-order valence-corrected chi connectivity index (χ0v) is 18.5. The number of piperidine rings is 1. The van der Waals surface area contributed by atoms with Crippen LogP contribution in [0, 0.1) is 11.8 Å². The second kappa shape index (κ2) is 8.98. The van der Waals surface area contributed by atoms with Crippen molar-refractivity contribution in [2.45, 2.75) is 38.6 Å². The van der Waals surface area contributed by atoms with Gasteiger partial charge in [0.15, 0.2) is 11.5 Å². The molecule has 2 fully saturated rings. The average Bonchev–Trinajstić information content (AvgIpc) is 3.61. The molecule has 1 aliphatic heterocycles. The molecule has 158 valence electrons. The van der Waals surface area contributed by atoms with Crippen molar-refractivity contribution in [3.05, 3.63) is 24.4 Å². The molecule has 0 radical (unpaired) electrons. The van der Waals surface area contributed by atoms with E-state index in [2.05, 4.69) is 33.2 Å². The van der Waals surface area contributed by atoms with E-state index in [0.717, 1.165) is 48.0 Å². The van der Waals surface area contributed by atoms with Crippen molar-refractivity contribution >= 4 is 28.7 Å². The summed E-state index contributed by atoms with van der Waals surface area (Å²) in [7, 11) is 3.34. The third kappa shape index (κ3) is 4.42. The van der Waals surface area contributed by atoms with Crippen LogP contribution in [0.2, 0.25) is 0 Å². The first kappa shape index (κ1) is 20.6. The third-order valence-corrected chi connectivity index (χ3v) is 7.18. The van der Waals surface area contributed by atoms with E-state index in [9.17, 15) is 0 Å². The second-order valence-electron chi connectivity index (χ2n) is 8.29. The zero-order valence-electron chi connectivity index (χ0n) is 17.6. The highest BCUT2D eigenvalue weighted by atomic mass is 32.2. The number of ether oxygens (including phenoxy) is 2. The maximum Gasteiger partial charge on any atom is 0.162 e. The van der Waals surface area contributed by atoms with Crippen LogP contribution in [0.1, 0.15) is 32.6 Å². The lowest BCUT2D eigenvalue weighted by atomic mass is 9.85. The van der Waals surface area contributed by atoms with Crippen molar-refractivity contribution < 1.29 is 9.47 Å². The van der Waals surface area contributed by atoms with E-state index >= 15 is 0 Å². The number of hydrogen-bond acceptors (Lipinski definition) is 7. The molecule has 1 atom stereocenters. The molecule has 1 aromatic carbocycles. The lowest BCUT2D eigenvalue weighted by Crippen LogP contribution is -2.38. The lowest BCUT2D eigenvalue weighted by Gasteiger charge is -2.37. The minimum atomic E-state index is 0.673. The first-order chi connectivity index (χ1) is 14.1. The Morgan fingerprint density at radius 1 is 1.17 bits per heavy atom. The van der Waals surface area contributed by atoms with Gasteiger partial charge < -0.3 is 14.4 Å². The summed E-state index contributed by atoms with van der Waals surface area (Å²) in [5.74, 6) is 2.89. The van der Waals surface area contributed by atoms with Crippen LogP contribution in [-0.2, 0) is 0 Å². The van der Waals surface area contributed by atoms with Gasteiger partial charge in [-0.05, 0) is 49.7 Å². The molecule has 0 spiro atoms. The van der Waals surface area contributed by atoms with Crippen molar-refractivity contribution in [2.75, 3.05) is 38.8 Å². The van der Waals surface area contributed by atoms with Gasteiger partial charge in [0.25, 0.3) is 0 Å². The summed E-state index contributed by atoms with van der Waals surface area (Å²) in [4.78, 5) is 7.04. The van der Waals surface area contributed by atoms with Gasteiger partial charge in [0.1, 0.15) is 0 Å². The van der Waals surface area contributed by atoms with Gasteiger partial charge in [0.2, 0.25) is 0 Å². The number of fused-ring (bicyclic) bond motifs is 1. The molecule has 4 rings (SSSR count). The van der Waals surface area contributed by atoms with Crippen LogP contribution in [0.25, 0.3) is 10.9 Å². The number of nitrogens with two attached hydrogens (primary N) is 1. The molecule has 1 aromatic heterocycles. The number of anilines is 1. The quantitative estimate of drug-likeness (QED) is 0.650. The van der Waals surface area contributed by atoms with Crippen LogP contribution in [0.4, 0.5) is 5.69 Å². The largest absolute Gasteiger partial charge is 0.493 e. The number of nitrogens with zero attached hydrogens (tertiary/aromatic N) is 3. The Bertz CT molecular complexity index is 837. The Kier molecular flexibility index (Phi) is 6.37. The normalized spacial score (nSPS) is 19.0. The molecule has 6 nitrogen and oxygen atoms in total. The Balaban J connectivity index is 1.46. The van der Waals surface area contributed by atoms with E-state index in [4.69, 9.17) is 14.6 Å². The monoisotopic (exact) mass is 416 g/mol. The highest BCUT2D eigenvalue weighted by Gasteiger charge is 2.32. The molecular weight excluding hydrogens is 384 g/mol. The summed E-state index contributed by atoms with van der Waals surface area (Å²) in [6.45, 7) is 5.64. The Hall–Kier alpha value is -1.70. The number of pyridine rings is 1. The molecule has 29 heavy (non-hydrogen) atoms. The summed E-state index contributed by atoms with van der Waals surface area (Å²) in [5, 5.41) is 7.02. The summed E-state index contributed by atoms with van der Waals surface area (Å²) in [5.41, 5.74) is 2.18. The minimum Gasteiger partial charge on any atom is -0.493 e. The van der Waals surface area contributed by atoms with E-state index < -0.39 is 0 Å². The van der Waals surface area contributed by atoms with Gasteiger partial charge in [0.05, 0.1) is 19.7 Å². The molecule has 2 heterocycles. The van der Waals surface area contributed by atoms with Crippen molar-refractivity contribution in [3.8, 4) is 11.5 Å². The summed E-state index contributed by atoms with van der Waals surface area (Å²) < 4.78 is 13.4. The van der Waals surface area contributed by atoms with E-state index in [0.29, 0.717) is 12.0 Å². The van der Waals surface area contributed by atoms with Crippen molar-refractivity contribution in [3.63, 3.8) is 0 Å². The molecule has 1 aliphatic carbocycles. The van der Waals surface area contributed by atoms with Crippen LogP contribution >= 0.6 is 12.1 Å². The van der Waals surface area contributed by atoms with Crippen LogP contribution < -0.4 is 19.5 Å². The number of methoxy groups -OCH3 is 2. The molecule has 1 unspecified atom stereocenters. The standard InChI is InChI=1S/C22H32N4O2S/c1-15(14-26(29-23)17-4-5-17)16-7-10-25(11-8-16)20-6-9-24-19-13-22(28-3)21(27-2)12-18(19)20/h6,9,12-13,15-17H,4-5,7-8,10-11,14,23H2,1-3H3. The third-order valence-electron chi connectivity index (χ3n) is 6.47. The number of hydrogen-bond donors (Lipinski definition) is 1.